The molecule has 1 aromatic heterocycles. The maximum absolute atomic E-state index is 12.6. The Kier molecular flexibility index (Phi) is 6.54. The van der Waals surface area contributed by atoms with Gasteiger partial charge in [-0.2, -0.15) is 13.2 Å². The van der Waals surface area contributed by atoms with Crippen molar-refractivity contribution in [1.82, 2.24) is 15.2 Å². The molecule has 1 N–H and O–H groups in total. The molecule has 0 radical (unpaired) electrons. The van der Waals surface area contributed by atoms with Crippen molar-refractivity contribution < 1.29 is 22.7 Å². The van der Waals surface area contributed by atoms with E-state index in [2.05, 4.69) is 15.2 Å². The number of carbonyl (C=O) groups is 1. The van der Waals surface area contributed by atoms with Crippen LogP contribution in [-0.2, 0) is 15.7 Å². The smallest absolute Gasteiger partial charge is 0.379 e. The van der Waals surface area contributed by atoms with Crippen molar-refractivity contribution in [2.24, 2.45) is 5.92 Å². The number of hydrogen-bond donors (Lipinski definition) is 1. The molecule has 0 bridgehead atoms. The fraction of sp³-hybridized carbons (Fsp3) is 0.667. The first-order valence-corrected chi connectivity index (χ1v) is 9.29. The quantitative estimate of drug-likeness (QED) is 0.836. The Morgan fingerprint density at radius 2 is 1.89 bits per heavy atom. The van der Waals surface area contributed by atoms with Crippen LogP contribution in [0.3, 0.4) is 0 Å². The van der Waals surface area contributed by atoms with Gasteiger partial charge in [0.05, 0.1) is 18.8 Å². The number of anilines is 1. The molecular formula is C18H25F3N4O2. The SMILES string of the molecule is O=C(NCCN1CCOCC1)C1CCN(c2ccc(C(F)(F)F)cn2)CC1. The molecule has 6 nitrogen and oxygen atoms in total. The minimum absolute atomic E-state index is 0.0552. The molecule has 3 rings (SSSR count). The van der Waals surface area contributed by atoms with Crippen molar-refractivity contribution in [3.05, 3.63) is 23.9 Å². The molecule has 0 aromatic carbocycles. The number of ether oxygens (including phenoxy) is 1. The van der Waals surface area contributed by atoms with E-state index in [0.29, 0.717) is 38.3 Å². The van der Waals surface area contributed by atoms with E-state index in [-0.39, 0.29) is 11.8 Å². The molecule has 0 atom stereocenters. The second-order valence-corrected chi connectivity index (χ2v) is 6.91. The summed E-state index contributed by atoms with van der Waals surface area (Å²) in [7, 11) is 0. The second-order valence-electron chi connectivity index (χ2n) is 6.91. The summed E-state index contributed by atoms with van der Waals surface area (Å²) < 4.78 is 43.1. The molecule has 2 aliphatic rings. The van der Waals surface area contributed by atoms with Crippen LogP contribution >= 0.6 is 0 Å². The first kappa shape index (κ1) is 19.9. The fourth-order valence-electron chi connectivity index (χ4n) is 3.42. The molecular weight excluding hydrogens is 361 g/mol. The molecule has 2 aliphatic heterocycles. The highest BCUT2D eigenvalue weighted by Crippen LogP contribution is 2.30. The van der Waals surface area contributed by atoms with Gasteiger partial charge in [0.15, 0.2) is 0 Å². The summed E-state index contributed by atoms with van der Waals surface area (Å²) in [6, 6.07) is 2.44. The predicted molar refractivity (Wildman–Crippen MR) is 94.4 cm³/mol. The van der Waals surface area contributed by atoms with Crippen molar-refractivity contribution in [2.75, 3.05) is 57.4 Å². The summed E-state index contributed by atoms with van der Waals surface area (Å²) in [5.41, 5.74) is -0.749. The maximum atomic E-state index is 12.6. The normalized spacial score (nSPS) is 19.9. The zero-order valence-corrected chi connectivity index (χ0v) is 15.2. The highest BCUT2D eigenvalue weighted by atomic mass is 19.4. The van der Waals surface area contributed by atoms with E-state index in [9.17, 15) is 18.0 Å². The van der Waals surface area contributed by atoms with E-state index in [0.717, 1.165) is 45.1 Å². The van der Waals surface area contributed by atoms with E-state index in [1.165, 1.54) is 6.07 Å². The number of amides is 1. The van der Waals surface area contributed by atoms with E-state index in [4.69, 9.17) is 4.74 Å². The van der Waals surface area contributed by atoms with Crippen LogP contribution in [0.5, 0.6) is 0 Å². The molecule has 1 amide bonds. The highest BCUT2D eigenvalue weighted by molar-refractivity contribution is 5.78. The van der Waals surface area contributed by atoms with Crippen LogP contribution < -0.4 is 10.2 Å². The third kappa shape index (κ3) is 5.55. The molecule has 0 unspecified atom stereocenters. The minimum atomic E-state index is -4.38. The van der Waals surface area contributed by atoms with E-state index < -0.39 is 11.7 Å². The Labute approximate surface area is 156 Å². The minimum Gasteiger partial charge on any atom is -0.379 e. The van der Waals surface area contributed by atoms with Crippen LogP contribution in [0.25, 0.3) is 0 Å². The van der Waals surface area contributed by atoms with Gasteiger partial charge < -0.3 is 15.0 Å². The number of alkyl halides is 3. The monoisotopic (exact) mass is 386 g/mol. The van der Waals surface area contributed by atoms with Crippen LogP contribution in [0.15, 0.2) is 18.3 Å². The number of morpholine rings is 1. The molecule has 3 heterocycles. The van der Waals surface area contributed by atoms with Crippen molar-refractivity contribution in [2.45, 2.75) is 19.0 Å². The summed E-state index contributed by atoms with van der Waals surface area (Å²) in [5, 5.41) is 3.00. The molecule has 27 heavy (non-hydrogen) atoms. The molecule has 1 aromatic rings. The van der Waals surface area contributed by atoms with Crippen LogP contribution in [-0.4, -0.2) is 68.3 Å². The van der Waals surface area contributed by atoms with E-state index >= 15 is 0 Å². The van der Waals surface area contributed by atoms with Crippen LogP contribution in [0, 0.1) is 5.92 Å². The Hall–Kier alpha value is -1.87. The predicted octanol–water partition coefficient (Wildman–Crippen LogP) is 1.77. The highest BCUT2D eigenvalue weighted by Gasteiger charge is 2.31. The topological polar surface area (TPSA) is 57.7 Å². The van der Waals surface area contributed by atoms with Crippen molar-refractivity contribution in [3.8, 4) is 0 Å². The first-order chi connectivity index (χ1) is 12.9. The van der Waals surface area contributed by atoms with E-state index in [1.807, 2.05) is 4.90 Å². The molecule has 2 fully saturated rings. The lowest BCUT2D eigenvalue weighted by Crippen LogP contribution is -2.44. The van der Waals surface area contributed by atoms with Gasteiger partial charge >= 0.3 is 6.18 Å². The van der Waals surface area contributed by atoms with Gasteiger partial charge in [0.25, 0.3) is 0 Å². The number of carbonyl (C=O) groups excluding carboxylic acids is 1. The zero-order chi connectivity index (χ0) is 19.3. The fourth-order valence-corrected chi connectivity index (χ4v) is 3.42. The summed E-state index contributed by atoms with van der Waals surface area (Å²) in [4.78, 5) is 20.4. The number of halogens is 3. The summed E-state index contributed by atoms with van der Waals surface area (Å²) in [6.07, 6.45) is -2.17. The molecule has 0 aliphatic carbocycles. The Morgan fingerprint density at radius 1 is 1.19 bits per heavy atom. The van der Waals surface area contributed by atoms with Crippen LogP contribution in [0.4, 0.5) is 19.0 Å². The molecule has 9 heteroatoms. The number of aromatic nitrogens is 1. The molecule has 150 valence electrons. The number of piperidine rings is 1. The number of pyridine rings is 1. The lowest BCUT2D eigenvalue weighted by Gasteiger charge is -2.32. The lowest BCUT2D eigenvalue weighted by molar-refractivity contribution is -0.137. The summed E-state index contributed by atoms with van der Waals surface area (Å²) in [6.45, 7) is 5.94. The summed E-state index contributed by atoms with van der Waals surface area (Å²) >= 11 is 0. The number of nitrogens with one attached hydrogen (secondary N) is 1. The average Bonchev–Trinajstić information content (AvgIpc) is 2.68. The van der Waals surface area contributed by atoms with E-state index in [1.54, 1.807) is 0 Å². The van der Waals surface area contributed by atoms with Gasteiger partial charge in [-0.1, -0.05) is 0 Å². The second kappa shape index (κ2) is 8.88. The van der Waals surface area contributed by atoms with Crippen molar-refractivity contribution >= 4 is 11.7 Å². The van der Waals surface area contributed by atoms with Gasteiger partial charge in [-0.05, 0) is 25.0 Å². The zero-order valence-electron chi connectivity index (χ0n) is 15.2. The number of nitrogens with zero attached hydrogens (tertiary/aromatic N) is 3. The maximum Gasteiger partial charge on any atom is 0.417 e. The largest absolute Gasteiger partial charge is 0.417 e. The third-order valence-electron chi connectivity index (χ3n) is 5.10. The molecule has 2 saturated heterocycles. The van der Waals surface area contributed by atoms with Gasteiger partial charge in [0, 0.05) is 51.4 Å². The van der Waals surface area contributed by atoms with Gasteiger partial charge in [-0.15, -0.1) is 0 Å². The van der Waals surface area contributed by atoms with Gasteiger partial charge in [-0.3, -0.25) is 9.69 Å². The Morgan fingerprint density at radius 3 is 2.48 bits per heavy atom. The summed E-state index contributed by atoms with van der Waals surface area (Å²) in [5.74, 6) is 0.526. The van der Waals surface area contributed by atoms with Crippen molar-refractivity contribution in [3.63, 3.8) is 0 Å². The average molecular weight is 386 g/mol. The standard InChI is InChI=1S/C18H25F3N4O2/c19-18(20,21)15-1-2-16(23-13-15)25-6-3-14(4-7-25)17(26)22-5-8-24-9-11-27-12-10-24/h1-2,13-14H,3-12H2,(H,22,26). The Balaban J connectivity index is 1.40. The van der Waals surface area contributed by atoms with Gasteiger partial charge in [0.2, 0.25) is 5.91 Å². The van der Waals surface area contributed by atoms with Gasteiger partial charge in [0.1, 0.15) is 5.82 Å². The molecule has 0 saturated carbocycles. The number of hydrogen-bond acceptors (Lipinski definition) is 5. The lowest BCUT2D eigenvalue weighted by atomic mass is 9.96. The van der Waals surface area contributed by atoms with Crippen LogP contribution in [0.1, 0.15) is 18.4 Å². The molecule has 0 spiro atoms. The van der Waals surface area contributed by atoms with Gasteiger partial charge in [-0.25, -0.2) is 4.98 Å². The number of rotatable bonds is 5. The third-order valence-corrected chi connectivity index (χ3v) is 5.10. The van der Waals surface area contributed by atoms with Crippen molar-refractivity contribution in [1.29, 1.82) is 0 Å². The van der Waals surface area contributed by atoms with Crippen LogP contribution in [0.2, 0.25) is 0 Å². The first-order valence-electron chi connectivity index (χ1n) is 9.29. The Bertz CT molecular complexity index is 610.